The van der Waals surface area contributed by atoms with Gasteiger partial charge in [-0.25, -0.2) is 18.2 Å². The van der Waals surface area contributed by atoms with Gasteiger partial charge in [0.2, 0.25) is 10.0 Å². The molecule has 166 valence electrons. The summed E-state index contributed by atoms with van der Waals surface area (Å²) in [6, 6.07) is 10.1. The third-order valence-electron chi connectivity index (χ3n) is 4.76. The van der Waals surface area contributed by atoms with Gasteiger partial charge in [-0.05, 0) is 43.7 Å². The lowest BCUT2D eigenvalue weighted by atomic mass is 10.1. The fourth-order valence-corrected chi connectivity index (χ4v) is 4.32. The van der Waals surface area contributed by atoms with Gasteiger partial charge < -0.3 is 4.90 Å². The monoisotopic (exact) mass is 472 g/mol. The molecule has 3 aromatic rings. The minimum absolute atomic E-state index is 0.0902. The molecule has 1 aromatic heterocycles. The van der Waals surface area contributed by atoms with Crippen LogP contribution in [0.25, 0.3) is 16.8 Å². The van der Waals surface area contributed by atoms with Crippen LogP contribution in [-0.4, -0.2) is 31.3 Å². The maximum Gasteiger partial charge on any atom is 0.435 e. The first-order valence-corrected chi connectivity index (χ1v) is 11.2. The van der Waals surface area contributed by atoms with Gasteiger partial charge in [-0.15, -0.1) is 0 Å². The van der Waals surface area contributed by atoms with Crippen molar-refractivity contribution < 1.29 is 21.6 Å². The Morgan fingerprint density at radius 2 is 1.77 bits per heavy atom. The van der Waals surface area contributed by atoms with Crippen LogP contribution in [0.1, 0.15) is 19.5 Å². The Labute approximate surface area is 183 Å². The number of sulfonamides is 1. The Morgan fingerprint density at radius 3 is 2.32 bits per heavy atom. The van der Waals surface area contributed by atoms with E-state index in [0.29, 0.717) is 23.8 Å². The highest BCUT2D eigenvalue weighted by molar-refractivity contribution is 7.89. The SMILES string of the molecule is CCN(CC)c1ccc(-c2cn(-c3ccccc3S(N)(=O)=O)nc2C(F)(F)F)cc1Cl. The number of alkyl halides is 3. The molecule has 0 spiro atoms. The zero-order valence-electron chi connectivity index (χ0n) is 16.7. The summed E-state index contributed by atoms with van der Waals surface area (Å²) in [6.45, 7) is 5.27. The van der Waals surface area contributed by atoms with E-state index in [1.54, 1.807) is 6.07 Å². The summed E-state index contributed by atoms with van der Waals surface area (Å²) in [6.07, 6.45) is -3.66. The molecule has 11 heteroatoms. The average Bonchev–Trinajstić information content (AvgIpc) is 3.15. The van der Waals surface area contributed by atoms with Gasteiger partial charge in [-0.2, -0.15) is 18.3 Å². The van der Waals surface area contributed by atoms with E-state index in [1.807, 2.05) is 18.7 Å². The van der Waals surface area contributed by atoms with Crippen LogP contribution in [-0.2, 0) is 16.2 Å². The predicted octanol–water partition coefficient (Wildman–Crippen LogP) is 4.71. The summed E-state index contributed by atoms with van der Waals surface area (Å²) in [5, 5.41) is 9.15. The van der Waals surface area contributed by atoms with Gasteiger partial charge in [0.1, 0.15) is 4.90 Å². The molecule has 0 radical (unpaired) electrons. The highest BCUT2D eigenvalue weighted by Crippen LogP contribution is 2.39. The molecule has 1 heterocycles. The van der Waals surface area contributed by atoms with Gasteiger partial charge in [-0.1, -0.05) is 29.8 Å². The van der Waals surface area contributed by atoms with E-state index in [0.717, 1.165) is 10.9 Å². The van der Waals surface area contributed by atoms with Gasteiger partial charge in [0.05, 0.1) is 16.4 Å². The third-order valence-corrected chi connectivity index (χ3v) is 6.03. The average molecular weight is 473 g/mol. The highest BCUT2D eigenvalue weighted by Gasteiger charge is 2.38. The molecule has 0 aliphatic heterocycles. The van der Waals surface area contributed by atoms with Crippen molar-refractivity contribution in [2.24, 2.45) is 5.14 Å². The van der Waals surface area contributed by atoms with Crippen LogP contribution < -0.4 is 10.0 Å². The maximum absolute atomic E-state index is 13.8. The van der Waals surface area contributed by atoms with E-state index < -0.39 is 21.9 Å². The van der Waals surface area contributed by atoms with Crippen molar-refractivity contribution in [1.82, 2.24) is 9.78 Å². The molecule has 6 nitrogen and oxygen atoms in total. The molecule has 0 atom stereocenters. The largest absolute Gasteiger partial charge is 0.435 e. The summed E-state index contributed by atoms with van der Waals surface area (Å²) < 4.78 is 65.9. The molecule has 2 N–H and O–H groups in total. The number of rotatable bonds is 6. The molecule has 0 amide bonds. The van der Waals surface area contributed by atoms with Crippen LogP contribution in [0.15, 0.2) is 53.6 Å². The minimum Gasteiger partial charge on any atom is -0.371 e. The Kier molecular flexibility index (Phi) is 6.35. The Bertz CT molecular complexity index is 1210. The van der Waals surface area contributed by atoms with Crippen molar-refractivity contribution in [3.8, 4) is 16.8 Å². The van der Waals surface area contributed by atoms with E-state index in [2.05, 4.69) is 5.10 Å². The number of nitrogens with zero attached hydrogens (tertiary/aromatic N) is 3. The molecule has 3 rings (SSSR count). The third kappa shape index (κ3) is 4.70. The second-order valence-corrected chi connectivity index (χ2v) is 8.62. The molecule has 0 saturated heterocycles. The van der Waals surface area contributed by atoms with Gasteiger partial charge in [0.15, 0.2) is 5.69 Å². The molecular weight excluding hydrogens is 453 g/mol. The van der Waals surface area contributed by atoms with Gasteiger partial charge in [0.25, 0.3) is 0 Å². The molecule has 2 aromatic carbocycles. The number of halogens is 4. The van der Waals surface area contributed by atoms with Crippen LogP contribution in [0, 0.1) is 0 Å². The van der Waals surface area contributed by atoms with E-state index in [4.69, 9.17) is 16.7 Å². The number of benzene rings is 2. The van der Waals surface area contributed by atoms with Crippen LogP contribution in [0.4, 0.5) is 18.9 Å². The van der Waals surface area contributed by atoms with E-state index in [1.165, 1.54) is 36.4 Å². The number of hydrogen-bond donors (Lipinski definition) is 1. The summed E-state index contributed by atoms with van der Waals surface area (Å²) in [7, 11) is -4.18. The van der Waals surface area contributed by atoms with Crippen LogP contribution in [0.3, 0.4) is 0 Å². The molecule has 0 fully saturated rings. The first kappa shape index (κ1) is 23.1. The zero-order chi connectivity index (χ0) is 23.0. The fraction of sp³-hybridized carbons (Fsp3) is 0.250. The van der Waals surface area contributed by atoms with Crippen molar-refractivity contribution in [3.05, 3.63) is 59.4 Å². The number of nitrogens with two attached hydrogens (primary N) is 1. The topological polar surface area (TPSA) is 81.2 Å². The van der Waals surface area contributed by atoms with E-state index in [9.17, 15) is 21.6 Å². The first-order valence-electron chi connectivity index (χ1n) is 9.31. The van der Waals surface area contributed by atoms with E-state index in [-0.39, 0.29) is 21.7 Å². The Morgan fingerprint density at radius 1 is 1.13 bits per heavy atom. The van der Waals surface area contributed by atoms with Gasteiger partial charge in [-0.3, -0.25) is 0 Å². The Hall–Kier alpha value is -2.56. The smallest absolute Gasteiger partial charge is 0.371 e. The molecule has 0 aliphatic carbocycles. The molecule has 0 unspecified atom stereocenters. The molecule has 0 bridgehead atoms. The zero-order valence-corrected chi connectivity index (χ0v) is 18.3. The van der Waals surface area contributed by atoms with Crippen molar-refractivity contribution in [2.45, 2.75) is 24.9 Å². The number of anilines is 1. The van der Waals surface area contributed by atoms with Gasteiger partial charge in [0, 0.05) is 24.8 Å². The van der Waals surface area contributed by atoms with Crippen molar-refractivity contribution in [3.63, 3.8) is 0 Å². The van der Waals surface area contributed by atoms with Crippen molar-refractivity contribution >= 4 is 27.3 Å². The van der Waals surface area contributed by atoms with Crippen LogP contribution in [0.2, 0.25) is 5.02 Å². The normalized spacial score (nSPS) is 12.2. The first-order chi connectivity index (χ1) is 14.5. The second-order valence-electron chi connectivity index (χ2n) is 6.68. The molecular formula is C20H20ClF3N4O2S. The van der Waals surface area contributed by atoms with Gasteiger partial charge >= 0.3 is 6.18 Å². The predicted molar refractivity (Wildman–Crippen MR) is 114 cm³/mol. The number of primary sulfonamides is 1. The minimum atomic E-state index is -4.78. The molecule has 0 saturated carbocycles. The molecule has 0 aliphatic rings. The van der Waals surface area contributed by atoms with Crippen LogP contribution >= 0.6 is 11.6 Å². The van der Waals surface area contributed by atoms with Crippen molar-refractivity contribution in [1.29, 1.82) is 0 Å². The highest BCUT2D eigenvalue weighted by atomic mass is 35.5. The van der Waals surface area contributed by atoms with Crippen molar-refractivity contribution in [2.75, 3.05) is 18.0 Å². The number of para-hydroxylation sites is 1. The Balaban J connectivity index is 2.20. The molecule has 31 heavy (non-hydrogen) atoms. The lowest BCUT2D eigenvalue weighted by molar-refractivity contribution is -0.140. The quantitative estimate of drug-likeness (QED) is 0.563. The lowest BCUT2D eigenvalue weighted by Crippen LogP contribution is -2.22. The summed E-state index contributed by atoms with van der Waals surface area (Å²) >= 11 is 6.36. The summed E-state index contributed by atoms with van der Waals surface area (Å²) in [5.74, 6) is 0. The standard InChI is InChI=1S/C20H20ClF3N4O2S/c1-3-27(4-2)16-10-9-13(11-15(16)21)14-12-28(26-19(14)20(22,23)24)17-7-5-6-8-18(17)31(25,29)30/h5-12H,3-4H2,1-2H3,(H2,25,29,30). The second kappa shape index (κ2) is 8.52. The van der Waals surface area contributed by atoms with E-state index >= 15 is 0 Å². The summed E-state index contributed by atoms with van der Waals surface area (Å²) in [5.41, 5.74) is -0.579. The lowest BCUT2D eigenvalue weighted by Gasteiger charge is -2.22. The summed E-state index contributed by atoms with van der Waals surface area (Å²) in [4.78, 5) is 1.63. The number of aromatic nitrogens is 2. The number of hydrogen-bond acceptors (Lipinski definition) is 4. The fourth-order valence-electron chi connectivity index (χ4n) is 3.30. The van der Waals surface area contributed by atoms with Crippen LogP contribution in [0.5, 0.6) is 0 Å². The maximum atomic E-state index is 13.8.